The summed E-state index contributed by atoms with van der Waals surface area (Å²) in [7, 11) is 0. The standard InChI is InChI=1S/C21H16F3N3OS/c22-21(23,24)16-5-6-18-17(11-16)26-19(29-18)14-7-9-27(10-8-14)20(28)15-3-1-13(12-25)2-4-15/h1-6,11,14H,7-10H2. The molecule has 1 aromatic heterocycles. The Morgan fingerprint density at radius 2 is 1.83 bits per heavy atom. The minimum absolute atomic E-state index is 0.0768. The zero-order valence-corrected chi connectivity index (χ0v) is 16.1. The van der Waals surface area contributed by atoms with E-state index in [2.05, 4.69) is 4.98 Å². The van der Waals surface area contributed by atoms with Gasteiger partial charge in [-0.1, -0.05) is 0 Å². The third-order valence-electron chi connectivity index (χ3n) is 5.12. The van der Waals surface area contributed by atoms with Crippen LogP contribution >= 0.6 is 11.3 Å². The number of carbonyl (C=O) groups excluding carboxylic acids is 1. The van der Waals surface area contributed by atoms with E-state index in [-0.39, 0.29) is 11.8 Å². The molecule has 1 aliphatic rings. The van der Waals surface area contributed by atoms with Gasteiger partial charge in [-0.2, -0.15) is 18.4 Å². The predicted octanol–water partition coefficient (Wildman–Crippen LogP) is 5.21. The summed E-state index contributed by atoms with van der Waals surface area (Å²) >= 11 is 1.42. The molecule has 4 nitrogen and oxygen atoms in total. The average Bonchev–Trinajstić information content (AvgIpc) is 3.16. The SMILES string of the molecule is N#Cc1ccc(C(=O)N2CCC(c3nc4cc(C(F)(F)F)ccc4s3)CC2)cc1. The normalized spacial score (nSPS) is 15.4. The van der Waals surface area contributed by atoms with Gasteiger partial charge < -0.3 is 4.90 Å². The number of likely N-dealkylation sites (tertiary alicyclic amines) is 1. The van der Waals surface area contributed by atoms with Crippen molar-refractivity contribution in [3.63, 3.8) is 0 Å². The number of alkyl halides is 3. The Kier molecular flexibility index (Phi) is 5.01. The fraction of sp³-hybridized carbons (Fsp3) is 0.286. The number of carbonyl (C=O) groups is 1. The molecule has 1 aliphatic heterocycles. The third-order valence-corrected chi connectivity index (χ3v) is 6.32. The minimum Gasteiger partial charge on any atom is -0.339 e. The Hall–Kier alpha value is -2.92. The Balaban J connectivity index is 1.45. The first-order valence-electron chi connectivity index (χ1n) is 9.12. The van der Waals surface area contributed by atoms with Crippen LogP contribution in [-0.2, 0) is 6.18 Å². The molecule has 2 heterocycles. The zero-order valence-electron chi connectivity index (χ0n) is 15.2. The van der Waals surface area contributed by atoms with Crippen molar-refractivity contribution < 1.29 is 18.0 Å². The van der Waals surface area contributed by atoms with Crippen LogP contribution in [0.25, 0.3) is 10.2 Å². The molecule has 29 heavy (non-hydrogen) atoms. The number of halogens is 3. The van der Waals surface area contributed by atoms with Crippen molar-refractivity contribution in [3.8, 4) is 6.07 Å². The fourth-order valence-corrected chi connectivity index (χ4v) is 4.61. The molecular formula is C21H16F3N3OS. The van der Waals surface area contributed by atoms with Gasteiger partial charge in [0.25, 0.3) is 5.91 Å². The van der Waals surface area contributed by atoms with Gasteiger partial charge in [0.05, 0.1) is 32.4 Å². The Bertz CT molecular complexity index is 1090. The second kappa shape index (κ2) is 7.48. The van der Waals surface area contributed by atoms with Crippen LogP contribution in [0.1, 0.15) is 45.3 Å². The van der Waals surface area contributed by atoms with Crippen LogP contribution in [0.5, 0.6) is 0 Å². The van der Waals surface area contributed by atoms with Crippen LogP contribution in [-0.4, -0.2) is 28.9 Å². The van der Waals surface area contributed by atoms with Crippen LogP contribution < -0.4 is 0 Å². The lowest BCUT2D eigenvalue weighted by Gasteiger charge is -2.31. The van der Waals surface area contributed by atoms with E-state index in [1.54, 1.807) is 29.2 Å². The summed E-state index contributed by atoms with van der Waals surface area (Å²) in [5.74, 6) is 0.0545. The number of nitriles is 1. The van der Waals surface area contributed by atoms with E-state index in [4.69, 9.17) is 5.26 Å². The molecule has 0 radical (unpaired) electrons. The summed E-state index contributed by atoms with van der Waals surface area (Å²) in [6.45, 7) is 1.13. The van der Waals surface area contributed by atoms with Gasteiger partial charge in [0.2, 0.25) is 0 Å². The number of benzene rings is 2. The van der Waals surface area contributed by atoms with Crippen LogP contribution in [0.15, 0.2) is 42.5 Å². The van der Waals surface area contributed by atoms with Gasteiger partial charge >= 0.3 is 6.18 Å². The lowest BCUT2D eigenvalue weighted by Crippen LogP contribution is -2.37. The van der Waals surface area contributed by atoms with Crippen molar-refractivity contribution >= 4 is 27.5 Å². The number of amides is 1. The second-order valence-corrected chi connectivity index (χ2v) is 8.05. The molecule has 0 unspecified atom stereocenters. The Morgan fingerprint density at radius 1 is 1.14 bits per heavy atom. The summed E-state index contributed by atoms with van der Waals surface area (Å²) in [5, 5.41) is 9.68. The minimum atomic E-state index is -4.38. The van der Waals surface area contributed by atoms with E-state index in [0.29, 0.717) is 42.6 Å². The van der Waals surface area contributed by atoms with E-state index >= 15 is 0 Å². The van der Waals surface area contributed by atoms with Gasteiger partial charge in [-0.3, -0.25) is 4.79 Å². The highest BCUT2D eigenvalue weighted by atomic mass is 32.1. The van der Waals surface area contributed by atoms with Gasteiger partial charge in [-0.15, -0.1) is 11.3 Å². The highest BCUT2D eigenvalue weighted by molar-refractivity contribution is 7.18. The van der Waals surface area contributed by atoms with E-state index in [9.17, 15) is 18.0 Å². The molecular weight excluding hydrogens is 399 g/mol. The maximum absolute atomic E-state index is 12.9. The number of fused-ring (bicyclic) bond motifs is 1. The number of aromatic nitrogens is 1. The van der Waals surface area contributed by atoms with E-state index in [0.717, 1.165) is 21.8 Å². The lowest BCUT2D eigenvalue weighted by molar-refractivity contribution is -0.137. The van der Waals surface area contributed by atoms with Gasteiger partial charge in [-0.05, 0) is 55.3 Å². The predicted molar refractivity (Wildman–Crippen MR) is 104 cm³/mol. The quantitative estimate of drug-likeness (QED) is 0.578. The van der Waals surface area contributed by atoms with Gasteiger partial charge in [0, 0.05) is 24.6 Å². The molecule has 0 spiro atoms. The number of hydrogen-bond acceptors (Lipinski definition) is 4. The maximum Gasteiger partial charge on any atom is 0.416 e. The monoisotopic (exact) mass is 415 g/mol. The number of rotatable bonds is 2. The van der Waals surface area contributed by atoms with Gasteiger partial charge in [0.15, 0.2) is 0 Å². The summed E-state index contributed by atoms with van der Waals surface area (Å²) < 4.78 is 39.4. The molecule has 0 aliphatic carbocycles. The van der Waals surface area contributed by atoms with Crippen LogP contribution in [0.3, 0.4) is 0 Å². The first-order valence-corrected chi connectivity index (χ1v) is 9.94. The van der Waals surface area contributed by atoms with Gasteiger partial charge in [-0.25, -0.2) is 4.98 Å². The molecule has 1 saturated heterocycles. The number of thiazole rings is 1. The number of hydrogen-bond donors (Lipinski definition) is 0. The summed E-state index contributed by atoms with van der Waals surface area (Å²) in [5.41, 5.74) is 0.729. The van der Waals surface area contributed by atoms with Gasteiger partial charge in [0.1, 0.15) is 0 Å². The summed E-state index contributed by atoms with van der Waals surface area (Å²) in [4.78, 5) is 18.9. The topological polar surface area (TPSA) is 57.0 Å². The average molecular weight is 415 g/mol. The van der Waals surface area contributed by atoms with Crippen molar-refractivity contribution in [2.75, 3.05) is 13.1 Å². The molecule has 0 atom stereocenters. The zero-order chi connectivity index (χ0) is 20.6. The van der Waals surface area contributed by atoms with Crippen LogP contribution in [0, 0.1) is 11.3 Å². The van der Waals surface area contributed by atoms with Crippen LogP contribution in [0.2, 0.25) is 0 Å². The van der Waals surface area contributed by atoms with Crippen molar-refractivity contribution in [2.45, 2.75) is 24.9 Å². The molecule has 0 N–H and O–H groups in total. The molecule has 0 saturated carbocycles. The first kappa shape index (κ1) is 19.4. The summed E-state index contributed by atoms with van der Waals surface area (Å²) in [6, 6.07) is 12.2. The Morgan fingerprint density at radius 3 is 2.45 bits per heavy atom. The van der Waals surface area contributed by atoms with Crippen LogP contribution in [0.4, 0.5) is 13.2 Å². The van der Waals surface area contributed by atoms with E-state index in [1.165, 1.54) is 17.4 Å². The highest BCUT2D eigenvalue weighted by Crippen LogP contribution is 2.37. The maximum atomic E-state index is 12.9. The van der Waals surface area contributed by atoms with Crippen molar-refractivity contribution in [1.29, 1.82) is 5.26 Å². The first-order chi connectivity index (χ1) is 13.8. The smallest absolute Gasteiger partial charge is 0.339 e. The molecule has 1 fully saturated rings. The molecule has 4 rings (SSSR count). The number of piperidine rings is 1. The van der Waals surface area contributed by atoms with Crippen molar-refractivity contribution in [3.05, 3.63) is 64.2 Å². The Labute approximate surface area is 169 Å². The molecule has 1 amide bonds. The lowest BCUT2D eigenvalue weighted by atomic mass is 9.97. The second-order valence-electron chi connectivity index (χ2n) is 6.99. The van der Waals surface area contributed by atoms with E-state index in [1.807, 2.05) is 6.07 Å². The molecule has 3 aromatic rings. The molecule has 0 bridgehead atoms. The fourth-order valence-electron chi connectivity index (χ4n) is 3.50. The molecule has 8 heteroatoms. The largest absolute Gasteiger partial charge is 0.416 e. The van der Waals surface area contributed by atoms with E-state index < -0.39 is 11.7 Å². The highest BCUT2D eigenvalue weighted by Gasteiger charge is 2.31. The van der Waals surface area contributed by atoms with Crippen molar-refractivity contribution in [1.82, 2.24) is 9.88 Å². The number of nitrogens with zero attached hydrogens (tertiary/aromatic N) is 3. The third kappa shape index (κ3) is 3.96. The molecule has 2 aromatic carbocycles. The molecule has 148 valence electrons. The summed E-state index contributed by atoms with van der Waals surface area (Å²) in [6.07, 6.45) is -2.95. The van der Waals surface area contributed by atoms with Crippen molar-refractivity contribution in [2.24, 2.45) is 0 Å².